The number of carbonyl (C=O) groups is 2. The maximum Gasteiger partial charge on any atom is 0.407 e. The fourth-order valence-electron chi connectivity index (χ4n) is 2.67. The summed E-state index contributed by atoms with van der Waals surface area (Å²) in [7, 11) is 1.30. The van der Waals surface area contributed by atoms with Gasteiger partial charge in [0.25, 0.3) is 5.91 Å². The van der Waals surface area contributed by atoms with E-state index in [9.17, 15) is 14.7 Å². The second kappa shape index (κ2) is 11.2. The average molecular weight is 473 g/mol. The number of nitrogens with one attached hydrogen (secondary N) is 2. The van der Waals surface area contributed by atoms with Gasteiger partial charge in [0, 0.05) is 29.7 Å². The predicted molar refractivity (Wildman–Crippen MR) is 122 cm³/mol. The van der Waals surface area contributed by atoms with Crippen LogP contribution in [0.25, 0.3) is 0 Å². The molecule has 0 saturated heterocycles. The number of hydrogen-bond acceptors (Lipinski definition) is 9. The lowest BCUT2D eigenvalue weighted by Gasteiger charge is -2.15. The third-order valence-corrected chi connectivity index (χ3v) is 4.99. The molecule has 0 spiro atoms. The van der Waals surface area contributed by atoms with Crippen molar-refractivity contribution < 1.29 is 28.9 Å². The number of methoxy groups -OCH3 is 1. The van der Waals surface area contributed by atoms with E-state index in [0.717, 1.165) is 17.1 Å². The summed E-state index contributed by atoms with van der Waals surface area (Å²) in [6.07, 6.45) is -0.984. The van der Waals surface area contributed by atoms with Gasteiger partial charge in [-0.25, -0.2) is 9.78 Å². The van der Waals surface area contributed by atoms with Gasteiger partial charge >= 0.3 is 6.09 Å². The summed E-state index contributed by atoms with van der Waals surface area (Å²) in [5.74, 6) is 1.43. The van der Waals surface area contributed by atoms with Crippen molar-refractivity contribution in [1.29, 1.82) is 0 Å². The first kappa shape index (κ1) is 24.0. The molecule has 0 radical (unpaired) electrons. The number of aryl methyl sites for hydroxylation is 1. The van der Waals surface area contributed by atoms with E-state index < -0.39 is 18.1 Å². The molecule has 33 heavy (non-hydrogen) atoms. The molecule has 174 valence electrons. The maximum atomic E-state index is 12.8. The lowest BCUT2D eigenvalue weighted by molar-refractivity contribution is 0.102. The highest BCUT2D eigenvalue weighted by molar-refractivity contribution is 7.09. The molecule has 0 bridgehead atoms. The van der Waals surface area contributed by atoms with Gasteiger partial charge in [-0.1, -0.05) is 12.1 Å². The molecule has 3 N–H and O–H groups in total. The summed E-state index contributed by atoms with van der Waals surface area (Å²) in [5.41, 5.74) is 1.15. The first-order valence-electron chi connectivity index (χ1n) is 9.99. The maximum absolute atomic E-state index is 12.8. The van der Waals surface area contributed by atoms with E-state index in [1.807, 2.05) is 0 Å². The molecule has 10 nitrogen and oxygen atoms in total. The second-order valence-corrected chi connectivity index (χ2v) is 7.75. The van der Waals surface area contributed by atoms with Crippen LogP contribution in [0.3, 0.4) is 0 Å². The quantitative estimate of drug-likeness (QED) is 0.431. The molecule has 0 aliphatic rings. The summed E-state index contributed by atoms with van der Waals surface area (Å²) < 4.78 is 20.2. The molecular weight excluding hydrogens is 448 g/mol. The van der Waals surface area contributed by atoms with Gasteiger partial charge in [-0.3, -0.25) is 10.1 Å². The zero-order valence-corrected chi connectivity index (χ0v) is 19.1. The SMILES string of the molecule is COC(=O)NCc1ccc(Oc2cc(OC(C)CO)cc(C(=O)Nc3nc(C)ns3)c2)cc1. The van der Waals surface area contributed by atoms with Gasteiger partial charge in [0.1, 0.15) is 29.2 Å². The van der Waals surface area contributed by atoms with Gasteiger partial charge in [-0.05, 0) is 43.7 Å². The fraction of sp³-hybridized carbons (Fsp3) is 0.273. The number of anilines is 1. The largest absolute Gasteiger partial charge is 0.488 e. The van der Waals surface area contributed by atoms with Crippen LogP contribution in [0.15, 0.2) is 42.5 Å². The standard InChI is InChI=1S/C22H24N4O6S/c1-13(12-27)31-18-8-16(20(28)25-21-24-14(2)26-33-21)9-19(10-18)32-17-6-4-15(5-7-17)11-23-22(29)30-3/h4-10,13,27H,11-12H2,1-3H3,(H,23,29)(H,24,25,26,28). The van der Waals surface area contributed by atoms with Crippen molar-refractivity contribution in [3.8, 4) is 17.2 Å². The molecule has 2 aromatic carbocycles. The first-order chi connectivity index (χ1) is 15.9. The molecule has 0 saturated carbocycles. The fourth-order valence-corrected chi connectivity index (χ4v) is 3.25. The van der Waals surface area contributed by atoms with Crippen molar-refractivity contribution in [2.45, 2.75) is 26.5 Å². The predicted octanol–water partition coefficient (Wildman–Crippen LogP) is 3.51. The smallest absolute Gasteiger partial charge is 0.407 e. The molecule has 1 atom stereocenters. The third-order valence-electron chi connectivity index (χ3n) is 4.27. The Balaban J connectivity index is 1.78. The number of hydrogen-bond donors (Lipinski definition) is 3. The van der Waals surface area contributed by atoms with Crippen LogP contribution in [-0.2, 0) is 11.3 Å². The summed E-state index contributed by atoms with van der Waals surface area (Å²) in [4.78, 5) is 28.1. The number of rotatable bonds is 9. The van der Waals surface area contributed by atoms with Crippen LogP contribution < -0.4 is 20.1 Å². The van der Waals surface area contributed by atoms with Crippen molar-refractivity contribution in [3.63, 3.8) is 0 Å². The van der Waals surface area contributed by atoms with Crippen molar-refractivity contribution in [2.75, 3.05) is 19.0 Å². The Labute approximate surface area is 194 Å². The minimum atomic E-state index is -0.515. The normalized spacial score (nSPS) is 11.4. The van der Waals surface area contributed by atoms with E-state index in [-0.39, 0.29) is 6.61 Å². The van der Waals surface area contributed by atoms with Gasteiger partial charge in [-0.2, -0.15) is 4.37 Å². The summed E-state index contributed by atoms with van der Waals surface area (Å²) in [6, 6.07) is 11.8. The van der Waals surface area contributed by atoms with Crippen molar-refractivity contribution in [3.05, 3.63) is 59.4 Å². The van der Waals surface area contributed by atoms with Gasteiger partial charge in [0.05, 0.1) is 13.7 Å². The van der Waals surface area contributed by atoms with E-state index in [1.165, 1.54) is 7.11 Å². The van der Waals surface area contributed by atoms with Crippen LogP contribution in [-0.4, -0.2) is 46.3 Å². The van der Waals surface area contributed by atoms with Crippen LogP contribution in [0.4, 0.5) is 9.93 Å². The Morgan fingerprint density at radius 1 is 1.12 bits per heavy atom. The molecule has 1 unspecified atom stereocenters. The monoisotopic (exact) mass is 472 g/mol. The number of benzene rings is 2. The molecule has 3 aromatic rings. The third kappa shape index (κ3) is 7.16. The van der Waals surface area contributed by atoms with Gasteiger partial charge < -0.3 is 24.6 Å². The molecule has 0 fully saturated rings. The number of aliphatic hydroxyl groups excluding tert-OH is 1. The topological polar surface area (TPSA) is 132 Å². The Hall–Kier alpha value is -3.70. The summed E-state index contributed by atoms with van der Waals surface area (Å²) in [5, 5.41) is 15.0. The summed E-state index contributed by atoms with van der Waals surface area (Å²) in [6.45, 7) is 3.57. The molecule has 1 heterocycles. The van der Waals surface area contributed by atoms with Crippen LogP contribution in [0.2, 0.25) is 0 Å². The number of aromatic nitrogens is 2. The van der Waals surface area contributed by atoms with E-state index in [1.54, 1.807) is 56.3 Å². The van der Waals surface area contributed by atoms with Crippen LogP contribution in [0.5, 0.6) is 17.2 Å². The number of ether oxygens (including phenoxy) is 3. The van der Waals surface area contributed by atoms with Crippen LogP contribution >= 0.6 is 11.5 Å². The van der Waals surface area contributed by atoms with Gasteiger partial charge in [-0.15, -0.1) is 0 Å². The van der Waals surface area contributed by atoms with Crippen molar-refractivity contribution in [2.24, 2.45) is 0 Å². The number of aliphatic hydroxyl groups is 1. The Morgan fingerprint density at radius 2 is 1.85 bits per heavy atom. The minimum absolute atomic E-state index is 0.183. The Bertz CT molecular complexity index is 1100. The zero-order valence-electron chi connectivity index (χ0n) is 18.3. The molecular formula is C22H24N4O6S. The van der Waals surface area contributed by atoms with Gasteiger partial charge in [0.2, 0.25) is 5.13 Å². The highest BCUT2D eigenvalue weighted by Crippen LogP contribution is 2.29. The van der Waals surface area contributed by atoms with E-state index in [2.05, 4.69) is 24.7 Å². The molecule has 3 rings (SSSR count). The highest BCUT2D eigenvalue weighted by Gasteiger charge is 2.14. The highest BCUT2D eigenvalue weighted by atomic mass is 32.1. The molecule has 0 aliphatic heterocycles. The molecule has 11 heteroatoms. The van der Waals surface area contributed by atoms with E-state index in [0.29, 0.717) is 40.3 Å². The van der Waals surface area contributed by atoms with Crippen LogP contribution in [0.1, 0.15) is 28.7 Å². The number of carbonyl (C=O) groups excluding carboxylic acids is 2. The lowest BCUT2D eigenvalue weighted by atomic mass is 10.1. The Kier molecular flexibility index (Phi) is 8.17. The number of alkyl carbamates (subject to hydrolysis) is 1. The van der Waals surface area contributed by atoms with Crippen molar-refractivity contribution in [1.82, 2.24) is 14.7 Å². The second-order valence-electron chi connectivity index (χ2n) is 7.00. The number of amides is 2. The number of nitrogens with zero attached hydrogens (tertiary/aromatic N) is 2. The first-order valence-corrected chi connectivity index (χ1v) is 10.8. The van der Waals surface area contributed by atoms with Gasteiger partial charge in [0.15, 0.2) is 0 Å². The minimum Gasteiger partial charge on any atom is -0.488 e. The Morgan fingerprint density at radius 3 is 2.48 bits per heavy atom. The zero-order chi connectivity index (χ0) is 23.8. The molecule has 0 aliphatic carbocycles. The van der Waals surface area contributed by atoms with Crippen LogP contribution in [0, 0.1) is 6.92 Å². The van der Waals surface area contributed by atoms with Crippen molar-refractivity contribution >= 4 is 28.7 Å². The van der Waals surface area contributed by atoms with E-state index >= 15 is 0 Å². The molecule has 1 aromatic heterocycles. The lowest BCUT2D eigenvalue weighted by Crippen LogP contribution is -2.22. The average Bonchev–Trinajstić information content (AvgIpc) is 3.22. The molecule has 2 amide bonds. The van der Waals surface area contributed by atoms with E-state index in [4.69, 9.17) is 9.47 Å². The summed E-state index contributed by atoms with van der Waals surface area (Å²) >= 11 is 1.08.